The van der Waals surface area contributed by atoms with Gasteiger partial charge in [0.25, 0.3) is 5.91 Å². The number of hydrogen-bond acceptors (Lipinski definition) is 4. The Labute approximate surface area is 142 Å². The molecule has 7 heteroatoms. The maximum absolute atomic E-state index is 13.1. The summed E-state index contributed by atoms with van der Waals surface area (Å²) in [5.41, 5.74) is 1.24. The molecule has 122 valence electrons. The smallest absolute Gasteiger partial charge is 0.255 e. The first-order chi connectivity index (χ1) is 11.0. The van der Waals surface area contributed by atoms with E-state index in [2.05, 4.69) is 4.98 Å². The van der Waals surface area contributed by atoms with Crippen molar-refractivity contribution < 1.29 is 13.9 Å². The van der Waals surface area contributed by atoms with E-state index in [1.165, 1.54) is 12.1 Å². The van der Waals surface area contributed by atoms with Gasteiger partial charge in [-0.15, -0.1) is 11.3 Å². The quantitative estimate of drug-likeness (QED) is 0.841. The van der Waals surface area contributed by atoms with E-state index in [9.17, 15) is 9.18 Å². The van der Waals surface area contributed by atoms with Crippen LogP contribution in [-0.2, 0) is 11.3 Å². The fourth-order valence-corrected chi connectivity index (χ4v) is 3.41. The summed E-state index contributed by atoms with van der Waals surface area (Å²) in [6.07, 6.45) is 0.758. The highest BCUT2D eigenvalue weighted by molar-refractivity contribution is 7.09. The second-order valence-electron chi connectivity index (χ2n) is 5.45. The van der Waals surface area contributed by atoms with E-state index in [4.69, 9.17) is 16.3 Å². The number of aryl methyl sites for hydroxylation is 1. The highest BCUT2D eigenvalue weighted by Crippen LogP contribution is 2.23. The van der Waals surface area contributed by atoms with Crippen molar-refractivity contribution in [2.24, 2.45) is 0 Å². The predicted octanol–water partition coefficient (Wildman–Crippen LogP) is 3.68. The van der Waals surface area contributed by atoms with Crippen molar-refractivity contribution in [2.75, 3.05) is 13.1 Å². The molecule has 1 aromatic carbocycles. The van der Waals surface area contributed by atoms with Crippen LogP contribution in [-0.4, -0.2) is 35.0 Å². The molecule has 0 N–H and O–H groups in total. The molecule has 1 atom stereocenters. The van der Waals surface area contributed by atoms with Crippen LogP contribution in [0.15, 0.2) is 23.6 Å². The molecule has 1 aromatic heterocycles. The van der Waals surface area contributed by atoms with Gasteiger partial charge in [0.2, 0.25) is 0 Å². The van der Waals surface area contributed by atoms with E-state index >= 15 is 0 Å². The van der Waals surface area contributed by atoms with Crippen molar-refractivity contribution in [1.82, 2.24) is 9.88 Å². The zero-order valence-corrected chi connectivity index (χ0v) is 14.2. The molecule has 3 rings (SSSR count). The van der Waals surface area contributed by atoms with Gasteiger partial charge >= 0.3 is 0 Å². The van der Waals surface area contributed by atoms with E-state index in [0.29, 0.717) is 25.3 Å². The molecule has 0 radical (unpaired) electrons. The summed E-state index contributed by atoms with van der Waals surface area (Å²) in [5, 5.41) is 3.13. The molecule has 2 heterocycles. The molecule has 1 amide bonds. The molecule has 0 aliphatic carbocycles. The second-order valence-corrected chi connectivity index (χ2v) is 6.92. The predicted molar refractivity (Wildman–Crippen MR) is 87.4 cm³/mol. The molecular weight excluding hydrogens is 339 g/mol. The topological polar surface area (TPSA) is 42.4 Å². The van der Waals surface area contributed by atoms with Crippen LogP contribution in [0.5, 0.6) is 0 Å². The molecule has 0 spiro atoms. The first kappa shape index (κ1) is 16.4. The van der Waals surface area contributed by atoms with Crippen LogP contribution in [0.3, 0.4) is 0 Å². The number of carbonyl (C=O) groups excluding carboxylic acids is 1. The Balaban J connectivity index is 1.57. The minimum Gasteiger partial charge on any atom is -0.370 e. The second kappa shape index (κ2) is 6.95. The monoisotopic (exact) mass is 354 g/mol. The molecule has 2 aromatic rings. The number of ether oxygens (including phenoxy) is 1. The van der Waals surface area contributed by atoms with Gasteiger partial charge in [-0.05, 0) is 31.5 Å². The van der Waals surface area contributed by atoms with E-state index in [-0.39, 0.29) is 17.0 Å². The molecular formula is C16H16ClFN2O2S. The third-order valence-corrected chi connectivity index (χ3v) is 4.86. The van der Waals surface area contributed by atoms with Crippen molar-refractivity contribution >= 4 is 28.8 Å². The minimum absolute atomic E-state index is 0.0137. The summed E-state index contributed by atoms with van der Waals surface area (Å²) < 4.78 is 18.9. The van der Waals surface area contributed by atoms with Crippen LogP contribution in [0.1, 0.15) is 27.5 Å². The van der Waals surface area contributed by atoms with E-state index in [1.807, 2.05) is 12.3 Å². The lowest BCUT2D eigenvalue weighted by molar-refractivity contribution is 0.0424. The summed E-state index contributed by atoms with van der Waals surface area (Å²) in [6, 6.07) is 3.82. The number of rotatable bonds is 4. The molecule has 0 saturated carbocycles. The lowest BCUT2D eigenvalue weighted by atomic mass is 10.2. The van der Waals surface area contributed by atoms with E-state index in [0.717, 1.165) is 23.2 Å². The zero-order chi connectivity index (χ0) is 16.4. The maximum atomic E-state index is 13.1. The zero-order valence-electron chi connectivity index (χ0n) is 12.6. The molecule has 23 heavy (non-hydrogen) atoms. The summed E-state index contributed by atoms with van der Waals surface area (Å²) in [6.45, 7) is 3.52. The van der Waals surface area contributed by atoms with E-state index < -0.39 is 5.82 Å². The Kier molecular flexibility index (Phi) is 4.94. The number of carbonyl (C=O) groups is 1. The van der Waals surface area contributed by atoms with Crippen molar-refractivity contribution in [3.05, 3.63) is 50.7 Å². The molecule has 1 fully saturated rings. The molecule has 1 aliphatic heterocycles. The third-order valence-electron chi connectivity index (χ3n) is 3.73. The van der Waals surface area contributed by atoms with E-state index in [1.54, 1.807) is 16.2 Å². The Hall–Kier alpha value is -1.50. The van der Waals surface area contributed by atoms with Gasteiger partial charge in [-0.25, -0.2) is 9.37 Å². The highest BCUT2D eigenvalue weighted by Gasteiger charge is 2.28. The van der Waals surface area contributed by atoms with Gasteiger partial charge in [0, 0.05) is 18.5 Å². The van der Waals surface area contributed by atoms with Crippen molar-refractivity contribution in [2.45, 2.75) is 26.1 Å². The Bertz CT molecular complexity index is 722. The highest BCUT2D eigenvalue weighted by atomic mass is 35.5. The van der Waals surface area contributed by atoms with Crippen LogP contribution < -0.4 is 0 Å². The van der Waals surface area contributed by atoms with Crippen LogP contribution >= 0.6 is 22.9 Å². The third kappa shape index (κ3) is 3.88. The van der Waals surface area contributed by atoms with Gasteiger partial charge in [-0.1, -0.05) is 11.6 Å². The number of nitrogens with zero attached hydrogens (tertiary/aromatic N) is 2. The fourth-order valence-electron chi connectivity index (χ4n) is 2.56. The number of likely N-dealkylation sites (tertiary alicyclic amines) is 1. The summed E-state index contributed by atoms with van der Waals surface area (Å²) in [5.74, 6) is -0.640. The Morgan fingerprint density at radius 2 is 2.39 bits per heavy atom. The Morgan fingerprint density at radius 3 is 3.09 bits per heavy atom. The molecule has 4 nitrogen and oxygen atoms in total. The lowest BCUT2D eigenvalue weighted by Crippen LogP contribution is -2.30. The molecule has 0 bridgehead atoms. The Morgan fingerprint density at radius 1 is 1.57 bits per heavy atom. The first-order valence-electron chi connectivity index (χ1n) is 7.30. The van der Waals surface area contributed by atoms with Crippen LogP contribution in [0.2, 0.25) is 5.02 Å². The van der Waals surface area contributed by atoms with Crippen molar-refractivity contribution in [1.29, 1.82) is 0 Å². The molecule has 1 unspecified atom stereocenters. The van der Waals surface area contributed by atoms with Gasteiger partial charge < -0.3 is 9.64 Å². The number of aromatic nitrogens is 1. The average Bonchev–Trinajstić information content (AvgIpc) is 3.13. The number of amides is 1. The average molecular weight is 355 g/mol. The van der Waals surface area contributed by atoms with Gasteiger partial charge in [-0.3, -0.25) is 4.79 Å². The normalized spacial score (nSPS) is 17.7. The number of hydrogen-bond donors (Lipinski definition) is 0. The summed E-state index contributed by atoms with van der Waals surface area (Å²) >= 11 is 7.55. The largest absolute Gasteiger partial charge is 0.370 e. The standard InChI is InChI=1S/C16H16ClFN2O2S/c1-10-19-12(9-23-10)8-22-13-4-5-20(7-13)16(21)14-3-2-11(18)6-15(14)17/h2-3,6,9,13H,4-5,7-8H2,1H3. The molecule has 1 saturated heterocycles. The van der Waals surface area contributed by atoms with Crippen LogP contribution in [0.4, 0.5) is 4.39 Å². The van der Waals surface area contributed by atoms with Crippen LogP contribution in [0.25, 0.3) is 0 Å². The van der Waals surface area contributed by atoms with Crippen LogP contribution in [0, 0.1) is 12.7 Å². The summed E-state index contributed by atoms with van der Waals surface area (Å²) in [4.78, 5) is 18.5. The van der Waals surface area contributed by atoms with Crippen molar-refractivity contribution in [3.63, 3.8) is 0 Å². The summed E-state index contributed by atoms with van der Waals surface area (Å²) in [7, 11) is 0. The molecule has 1 aliphatic rings. The SMILES string of the molecule is Cc1nc(COC2CCN(C(=O)c3ccc(F)cc3Cl)C2)cs1. The number of benzene rings is 1. The minimum atomic E-state index is -0.451. The number of halogens is 2. The maximum Gasteiger partial charge on any atom is 0.255 e. The van der Waals surface area contributed by atoms with Gasteiger partial charge in [0.1, 0.15) is 5.82 Å². The lowest BCUT2D eigenvalue weighted by Gasteiger charge is -2.17. The first-order valence-corrected chi connectivity index (χ1v) is 8.55. The van der Waals surface area contributed by atoms with Gasteiger partial charge in [-0.2, -0.15) is 0 Å². The van der Waals surface area contributed by atoms with Gasteiger partial charge in [0.15, 0.2) is 0 Å². The fraction of sp³-hybridized carbons (Fsp3) is 0.375. The number of thiazole rings is 1. The van der Waals surface area contributed by atoms with Gasteiger partial charge in [0.05, 0.1) is 34.0 Å². The van der Waals surface area contributed by atoms with Crippen molar-refractivity contribution in [3.8, 4) is 0 Å².